The van der Waals surface area contributed by atoms with Gasteiger partial charge in [0.2, 0.25) is 5.91 Å². The average Bonchev–Trinajstić information content (AvgIpc) is 2.67. The third-order valence-corrected chi connectivity index (χ3v) is 4.62. The third-order valence-electron chi connectivity index (χ3n) is 4.37. The van der Waals surface area contributed by atoms with Gasteiger partial charge in [-0.2, -0.15) is 0 Å². The highest BCUT2D eigenvalue weighted by atomic mass is 35.5. The van der Waals surface area contributed by atoms with Crippen LogP contribution in [-0.2, 0) is 4.79 Å². The summed E-state index contributed by atoms with van der Waals surface area (Å²) in [5.74, 6) is -0.0456. The zero-order valence-corrected chi connectivity index (χ0v) is 14.6. The van der Waals surface area contributed by atoms with Crippen molar-refractivity contribution < 1.29 is 9.59 Å². The summed E-state index contributed by atoms with van der Waals surface area (Å²) in [5.41, 5.74) is 1.59. The highest BCUT2D eigenvalue weighted by Gasteiger charge is 2.28. The first-order chi connectivity index (χ1) is 12.1. The molecule has 1 amide bonds. The van der Waals surface area contributed by atoms with Gasteiger partial charge >= 0.3 is 0 Å². The van der Waals surface area contributed by atoms with Gasteiger partial charge in [-0.15, -0.1) is 0 Å². The molecule has 1 unspecified atom stereocenters. The number of ketones is 1. The van der Waals surface area contributed by atoms with Gasteiger partial charge in [-0.1, -0.05) is 17.7 Å². The summed E-state index contributed by atoms with van der Waals surface area (Å²) in [6, 6.07) is 10.6. The first-order valence-electron chi connectivity index (χ1n) is 8.34. The Labute approximate surface area is 152 Å². The normalized spacial score (nSPS) is 17.3. The predicted octanol–water partition coefficient (Wildman–Crippen LogP) is 2.87. The lowest BCUT2D eigenvalue weighted by Crippen LogP contribution is -2.48. The minimum atomic E-state index is -0.0434. The number of nitrogens with one attached hydrogen (secondary N) is 1. The zero-order chi connectivity index (χ0) is 17.6. The van der Waals surface area contributed by atoms with Crippen molar-refractivity contribution in [2.24, 2.45) is 0 Å². The molecular weight excluding hydrogens is 338 g/mol. The Morgan fingerprint density at radius 1 is 1.20 bits per heavy atom. The lowest BCUT2D eigenvalue weighted by molar-refractivity contribution is -0.134. The summed E-state index contributed by atoms with van der Waals surface area (Å²) in [6.45, 7) is 2.09. The monoisotopic (exact) mass is 357 g/mol. The highest BCUT2D eigenvalue weighted by Crippen LogP contribution is 2.23. The summed E-state index contributed by atoms with van der Waals surface area (Å²) >= 11 is 5.84. The van der Waals surface area contributed by atoms with E-state index in [4.69, 9.17) is 11.6 Å². The molecule has 0 aliphatic carbocycles. The third kappa shape index (κ3) is 4.44. The van der Waals surface area contributed by atoms with Crippen LogP contribution < -0.4 is 5.32 Å². The Kier molecular flexibility index (Phi) is 5.79. The molecule has 5 nitrogen and oxygen atoms in total. The van der Waals surface area contributed by atoms with Gasteiger partial charge < -0.3 is 10.2 Å². The fraction of sp³-hybridized carbons (Fsp3) is 0.316. The van der Waals surface area contributed by atoms with Crippen molar-refractivity contribution in [3.63, 3.8) is 0 Å². The molecule has 1 N–H and O–H groups in total. The van der Waals surface area contributed by atoms with Crippen LogP contribution in [0.3, 0.4) is 0 Å². The van der Waals surface area contributed by atoms with E-state index < -0.39 is 0 Å². The Morgan fingerprint density at radius 3 is 2.72 bits per heavy atom. The van der Waals surface area contributed by atoms with Gasteiger partial charge in [0.25, 0.3) is 0 Å². The summed E-state index contributed by atoms with van der Waals surface area (Å²) < 4.78 is 0. The molecule has 0 spiro atoms. The van der Waals surface area contributed by atoms with Gasteiger partial charge in [0.05, 0.1) is 6.04 Å². The van der Waals surface area contributed by atoms with Crippen molar-refractivity contribution in [2.75, 3.05) is 19.6 Å². The van der Waals surface area contributed by atoms with Crippen LogP contribution >= 0.6 is 11.6 Å². The molecule has 1 aliphatic rings. The predicted molar refractivity (Wildman–Crippen MR) is 96.6 cm³/mol. The molecule has 1 aromatic carbocycles. The van der Waals surface area contributed by atoms with Gasteiger partial charge in [-0.05, 0) is 35.9 Å². The van der Waals surface area contributed by atoms with Gasteiger partial charge in [0.15, 0.2) is 5.78 Å². The number of rotatable bonds is 5. The Morgan fingerprint density at radius 2 is 2.00 bits per heavy atom. The Bertz CT molecular complexity index is 734. The maximum absolute atomic E-state index is 12.7. The van der Waals surface area contributed by atoms with Crippen LogP contribution in [0.2, 0.25) is 5.02 Å². The van der Waals surface area contributed by atoms with Crippen LogP contribution in [0, 0.1) is 0 Å². The molecule has 0 bridgehead atoms. The summed E-state index contributed by atoms with van der Waals surface area (Å²) in [7, 11) is 0. The van der Waals surface area contributed by atoms with Crippen molar-refractivity contribution in [3.8, 4) is 0 Å². The molecule has 0 saturated carbocycles. The quantitative estimate of drug-likeness (QED) is 0.836. The van der Waals surface area contributed by atoms with E-state index >= 15 is 0 Å². The van der Waals surface area contributed by atoms with Gasteiger partial charge in [-0.25, -0.2) is 0 Å². The van der Waals surface area contributed by atoms with Crippen LogP contribution in [-0.4, -0.2) is 41.2 Å². The zero-order valence-electron chi connectivity index (χ0n) is 13.8. The summed E-state index contributed by atoms with van der Waals surface area (Å²) in [5, 5.41) is 3.90. The van der Waals surface area contributed by atoms with E-state index in [-0.39, 0.29) is 30.6 Å². The second-order valence-corrected chi connectivity index (χ2v) is 6.46. The number of halogens is 1. The number of Topliss-reactive ketones (excluding diaryl/α,β-unsaturated/α-hetero) is 1. The van der Waals surface area contributed by atoms with Crippen molar-refractivity contribution in [1.82, 2.24) is 15.2 Å². The van der Waals surface area contributed by atoms with E-state index in [9.17, 15) is 9.59 Å². The molecule has 6 heteroatoms. The van der Waals surface area contributed by atoms with Gasteiger partial charge in [0, 0.05) is 55.5 Å². The number of carbonyl (C=O) groups excluding carboxylic acids is 2. The number of pyridine rings is 1. The summed E-state index contributed by atoms with van der Waals surface area (Å²) in [4.78, 5) is 30.9. The largest absolute Gasteiger partial charge is 0.333 e. The van der Waals surface area contributed by atoms with Crippen LogP contribution in [0.15, 0.2) is 48.8 Å². The molecule has 3 rings (SSSR count). The lowest BCUT2D eigenvalue weighted by atomic mass is 10.0. The number of benzene rings is 1. The fourth-order valence-electron chi connectivity index (χ4n) is 3.02. The molecule has 1 atom stereocenters. The molecule has 1 fully saturated rings. The number of aromatic nitrogens is 1. The van der Waals surface area contributed by atoms with E-state index in [1.807, 2.05) is 17.0 Å². The number of piperazine rings is 1. The van der Waals surface area contributed by atoms with Crippen LogP contribution in [0.5, 0.6) is 0 Å². The van der Waals surface area contributed by atoms with Crippen molar-refractivity contribution in [2.45, 2.75) is 18.9 Å². The highest BCUT2D eigenvalue weighted by molar-refractivity contribution is 6.30. The number of hydrogen-bond donors (Lipinski definition) is 1. The van der Waals surface area contributed by atoms with Crippen molar-refractivity contribution in [1.29, 1.82) is 0 Å². The lowest BCUT2D eigenvalue weighted by Gasteiger charge is -2.36. The Hall–Kier alpha value is -2.24. The molecular formula is C19H20ClN3O2. The number of carbonyl (C=O) groups is 2. The molecule has 1 aliphatic heterocycles. The average molecular weight is 358 g/mol. The van der Waals surface area contributed by atoms with Gasteiger partial charge in [0.1, 0.15) is 0 Å². The molecule has 1 saturated heterocycles. The van der Waals surface area contributed by atoms with E-state index in [1.165, 1.54) is 0 Å². The van der Waals surface area contributed by atoms with Crippen LogP contribution in [0.4, 0.5) is 0 Å². The van der Waals surface area contributed by atoms with Crippen LogP contribution in [0.25, 0.3) is 0 Å². The second-order valence-electron chi connectivity index (χ2n) is 6.02. The minimum Gasteiger partial charge on any atom is -0.333 e. The maximum Gasteiger partial charge on any atom is 0.223 e. The smallest absolute Gasteiger partial charge is 0.223 e. The van der Waals surface area contributed by atoms with Crippen LogP contribution in [0.1, 0.15) is 34.8 Å². The number of amides is 1. The molecule has 2 aromatic rings. The molecule has 1 aromatic heterocycles. The summed E-state index contributed by atoms with van der Waals surface area (Å²) in [6.07, 6.45) is 3.91. The van der Waals surface area contributed by atoms with Gasteiger partial charge in [-0.3, -0.25) is 14.6 Å². The Balaban J connectivity index is 1.63. The number of hydrogen-bond acceptors (Lipinski definition) is 4. The van der Waals surface area contributed by atoms with Crippen molar-refractivity contribution >= 4 is 23.3 Å². The second kappa shape index (κ2) is 8.23. The van der Waals surface area contributed by atoms with E-state index in [1.54, 1.807) is 36.7 Å². The van der Waals surface area contributed by atoms with E-state index in [0.717, 1.165) is 12.1 Å². The molecule has 130 valence electrons. The van der Waals surface area contributed by atoms with E-state index in [0.29, 0.717) is 23.7 Å². The number of nitrogens with zero attached hydrogens (tertiary/aromatic N) is 2. The molecule has 2 heterocycles. The minimum absolute atomic E-state index is 0.00216. The van der Waals surface area contributed by atoms with E-state index in [2.05, 4.69) is 10.3 Å². The first-order valence-corrected chi connectivity index (χ1v) is 8.72. The maximum atomic E-state index is 12.7. The standard InChI is InChI=1S/C19H20ClN3O2/c20-16-5-3-14(4-6-16)18(24)7-8-19(25)23-11-10-22-13-17(23)15-2-1-9-21-12-15/h1-6,9,12,17,22H,7-8,10-11,13H2. The molecule has 25 heavy (non-hydrogen) atoms. The topological polar surface area (TPSA) is 62.3 Å². The molecule has 0 radical (unpaired) electrons. The van der Waals surface area contributed by atoms with Crippen molar-refractivity contribution in [3.05, 3.63) is 64.9 Å². The fourth-order valence-corrected chi connectivity index (χ4v) is 3.14. The first kappa shape index (κ1) is 17.6. The SMILES string of the molecule is O=C(CCC(=O)N1CCNCC1c1cccnc1)c1ccc(Cl)cc1.